The minimum atomic E-state index is -0.212. The van der Waals surface area contributed by atoms with Crippen LogP contribution in [0.3, 0.4) is 0 Å². The van der Waals surface area contributed by atoms with E-state index in [1.807, 2.05) is 7.05 Å². The third kappa shape index (κ3) is 4.23. The molecule has 1 N–H and O–H groups in total. The number of fused-ring (bicyclic) bond motifs is 5. The van der Waals surface area contributed by atoms with Crippen molar-refractivity contribution in [2.24, 2.45) is 17.0 Å². The Morgan fingerprint density at radius 3 is 1.95 bits per heavy atom. The summed E-state index contributed by atoms with van der Waals surface area (Å²) in [7, 11) is 5.19. The predicted molar refractivity (Wildman–Crippen MR) is 164 cm³/mol. The lowest BCUT2D eigenvalue weighted by atomic mass is 10.3. The number of aliphatic imine (C=N–C) groups is 2. The second-order valence-corrected chi connectivity index (χ2v) is 12.6. The Bertz CT molecular complexity index is 2220. The van der Waals surface area contributed by atoms with E-state index in [1.165, 1.54) is 22.7 Å². The van der Waals surface area contributed by atoms with Crippen molar-refractivity contribution in [3.8, 4) is 56.1 Å². The number of ether oxygens (including phenoxy) is 2. The lowest BCUT2D eigenvalue weighted by Crippen LogP contribution is -1.86. The van der Waals surface area contributed by atoms with Crippen LogP contribution in [0.2, 0.25) is 0 Å². The van der Waals surface area contributed by atoms with E-state index in [0.717, 1.165) is 51.0 Å². The van der Waals surface area contributed by atoms with Gasteiger partial charge in [-0.1, -0.05) is 0 Å². The lowest BCUT2D eigenvalue weighted by Gasteiger charge is -2.00. The predicted octanol–water partition coefficient (Wildman–Crippen LogP) is 7.65. The van der Waals surface area contributed by atoms with Crippen molar-refractivity contribution < 1.29 is 9.47 Å². The highest BCUT2D eigenvalue weighted by molar-refractivity contribution is 7.33. The van der Waals surface area contributed by atoms with Gasteiger partial charge in [-0.05, 0) is 12.1 Å². The molecule has 0 bridgehead atoms. The monoisotopic (exact) mass is 610 g/mol. The van der Waals surface area contributed by atoms with Gasteiger partial charge in [-0.2, -0.15) is 21.0 Å². The van der Waals surface area contributed by atoms with Gasteiger partial charge < -0.3 is 19.0 Å². The number of methoxy groups -OCH3 is 2. The molecule has 10 nitrogen and oxygen atoms in total. The Labute approximate surface area is 248 Å². The number of aromatic nitrogens is 2. The molecule has 0 aliphatic rings. The first kappa shape index (κ1) is 26.3. The van der Waals surface area contributed by atoms with Crippen LogP contribution in [0, 0.1) is 45.3 Å². The molecular weight excluding hydrogens is 597 g/mol. The van der Waals surface area contributed by atoms with Gasteiger partial charge in [0.1, 0.15) is 45.8 Å². The molecule has 0 unspecified atom stereocenters. The largest absolute Gasteiger partial charge is 0.495 e. The van der Waals surface area contributed by atoms with Gasteiger partial charge in [-0.3, -0.25) is 0 Å². The van der Waals surface area contributed by atoms with Crippen LogP contribution in [-0.4, -0.2) is 35.2 Å². The summed E-state index contributed by atoms with van der Waals surface area (Å²) < 4.78 is 16.7. The van der Waals surface area contributed by atoms with Gasteiger partial charge in [-0.25, -0.2) is 9.98 Å². The number of H-pyrrole nitrogens is 1. The highest BCUT2D eigenvalue weighted by atomic mass is 32.1. The van der Waals surface area contributed by atoms with Crippen LogP contribution >= 0.6 is 45.3 Å². The zero-order valence-electron chi connectivity index (χ0n) is 21.4. The smallest absolute Gasteiger partial charge is 0.219 e. The van der Waals surface area contributed by atoms with Crippen molar-refractivity contribution in [2.45, 2.75) is 0 Å². The molecule has 0 aliphatic heterocycles. The third-order valence-corrected chi connectivity index (χ3v) is 10.9. The van der Waals surface area contributed by atoms with E-state index in [1.54, 1.807) is 73.3 Å². The molecule has 0 fully saturated rings. The highest BCUT2D eigenvalue weighted by Gasteiger charge is 2.23. The van der Waals surface area contributed by atoms with Crippen molar-refractivity contribution >= 4 is 97.4 Å². The number of hydrogen-bond donors (Lipinski definition) is 1. The maximum absolute atomic E-state index is 9.07. The fourth-order valence-electron chi connectivity index (χ4n) is 4.45. The van der Waals surface area contributed by atoms with Gasteiger partial charge in [0.2, 0.25) is 11.4 Å². The van der Waals surface area contributed by atoms with Crippen LogP contribution < -0.4 is 9.47 Å². The number of hydrogen-bond acceptors (Lipinski definition) is 12. The fraction of sp³-hybridized carbons (Fsp3) is 0.111. The van der Waals surface area contributed by atoms with E-state index in [0.29, 0.717) is 21.5 Å². The summed E-state index contributed by atoms with van der Waals surface area (Å²) in [5, 5.41) is 37.3. The van der Waals surface area contributed by atoms with Crippen LogP contribution in [0.15, 0.2) is 34.3 Å². The Hall–Kier alpha value is -4.96. The van der Waals surface area contributed by atoms with Gasteiger partial charge in [0.05, 0.1) is 65.2 Å². The zero-order valence-corrected chi connectivity index (χ0v) is 24.7. The van der Waals surface area contributed by atoms with Crippen molar-refractivity contribution in [1.82, 2.24) is 9.55 Å². The van der Waals surface area contributed by atoms with Crippen molar-refractivity contribution in [2.75, 3.05) is 14.2 Å². The van der Waals surface area contributed by atoms with Crippen LogP contribution in [0.1, 0.15) is 0 Å². The summed E-state index contributed by atoms with van der Waals surface area (Å²) in [5.74, 6) is 1.25. The Balaban J connectivity index is 1.44. The van der Waals surface area contributed by atoms with Crippen molar-refractivity contribution in [3.63, 3.8) is 0 Å². The fourth-order valence-corrected chi connectivity index (χ4v) is 9.10. The topological polar surface area (TPSA) is 159 Å². The number of nitriles is 4. The minimum Gasteiger partial charge on any atom is -0.495 e. The minimum absolute atomic E-state index is 0.204. The first-order valence-corrected chi connectivity index (χ1v) is 14.9. The van der Waals surface area contributed by atoms with E-state index < -0.39 is 0 Å². The van der Waals surface area contributed by atoms with Crippen molar-refractivity contribution in [3.05, 3.63) is 24.3 Å². The first-order valence-electron chi connectivity index (χ1n) is 11.6. The zero-order chi connectivity index (χ0) is 28.8. The van der Waals surface area contributed by atoms with Crippen LogP contribution in [0.25, 0.3) is 51.0 Å². The summed E-state index contributed by atoms with van der Waals surface area (Å²) in [6.07, 6.45) is 0. The molecule has 0 amide bonds. The lowest BCUT2D eigenvalue weighted by molar-refractivity contribution is 0.418. The summed E-state index contributed by atoms with van der Waals surface area (Å²) in [4.78, 5) is 14.5. The molecule has 0 spiro atoms. The van der Waals surface area contributed by atoms with E-state index in [2.05, 4.69) is 31.7 Å². The van der Waals surface area contributed by atoms with E-state index in [-0.39, 0.29) is 11.4 Å². The number of aromatic amines is 1. The number of nitrogens with one attached hydrogen (secondary N) is 1. The average molecular weight is 611 g/mol. The van der Waals surface area contributed by atoms with Gasteiger partial charge in [0, 0.05) is 19.2 Å². The second-order valence-electron chi connectivity index (χ2n) is 8.42. The number of aryl methyl sites for hydroxylation is 1. The molecule has 0 radical (unpaired) electrons. The van der Waals surface area contributed by atoms with E-state index in [4.69, 9.17) is 30.5 Å². The number of rotatable bonds is 6. The first-order chi connectivity index (χ1) is 19.9. The number of thiophene rings is 4. The molecule has 198 valence electrons. The molecule has 0 atom stereocenters. The maximum atomic E-state index is 9.07. The second kappa shape index (κ2) is 10.2. The Morgan fingerprint density at radius 1 is 0.780 bits per heavy atom. The summed E-state index contributed by atoms with van der Waals surface area (Å²) in [6, 6.07) is 14.8. The summed E-state index contributed by atoms with van der Waals surface area (Å²) in [6.45, 7) is 0. The van der Waals surface area contributed by atoms with Gasteiger partial charge >= 0.3 is 0 Å². The van der Waals surface area contributed by atoms with E-state index in [9.17, 15) is 0 Å². The quantitative estimate of drug-likeness (QED) is 0.191. The third-order valence-electron chi connectivity index (χ3n) is 6.21. The molecule has 14 heteroatoms. The normalized spacial score (nSPS) is 10.7. The molecule has 0 aliphatic carbocycles. The van der Waals surface area contributed by atoms with Crippen LogP contribution in [-0.2, 0) is 7.05 Å². The van der Waals surface area contributed by atoms with Gasteiger partial charge in [-0.15, -0.1) is 45.3 Å². The molecule has 6 aromatic heterocycles. The highest BCUT2D eigenvalue weighted by Crippen LogP contribution is 2.51. The van der Waals surface area contributed by atoms with Crippen molar-refractivity contribution in [1.29, 1.82) is 21.0 Å². The molecule has 41 heavy (non-hydrogen) atoms. The standard InChI is InChI=1S/C27H14N8O2S4/c1-35-15-5-19(26-17(37-3)7-21(41-26)33-13(10-30)11-31)39-25(15)27-23(35)22-18(38-27)4-14(34-22)24-16(36-2)6-20(40-24)32-12(8-28)9-29/h4-7,34H,1-3H3. The molecule has 6 heterocycles. The van der Waals surface area contributed by atoms with Crippen LogP contribution in [0.5, 0.6) is 11.5 Å². The molecular formula is C27H14N8O2S4. The Kier molecular flexibility index (Phi) is 6.55. The molecule has 6 aromatic rings. The summed E-state index contributed by atoms with van der Waals surface area (Å²) in [5.41, 5.74) is 3.62. The molecule has 0 saturated carbocycles. The Morgan fingerprint density at radius 2 is 1.37 bits per heavy atom. The van der Waals surface area contributed by atoms with Gasteiger partial charge in [0.15, 0.2) is 0 Å². The SMILES string of the molecule is COc1cc(N=C(C#N)C#N)sc1-c1cc2sc3c4sc(-c5sc(N=C(C#N)C#N)cc5OC)cc4n(C)c3c2[nH]1. The summed E-state index contributed by atoms with van der Waals surface area (Å²) >= 11 is 6.06. The molecule has 0 aromatic carbocycles. The molecule has 0 saturated heterocycles. The van der Waals surface area contributed by atoms with E-state index >= 15 is 0 Å². The molecule has 6 rings (SSSR count). The number of nitrogens with zero attached hydrogens (tertiary/aromatic N) is 7. The van der Waals surface area contributed by atoms with Crippen LogP contribution in [0.4, 0.5) is 10.0 Å². The maximum Gasteiger partial charge on any atom is 0.219 e. The van der Waals surface area contributed by atoms with Gasteiger partial charge in [0.25, 0.3) is 0 Å². The average Bonchev–Trinajstić information content (AvgIpc) is 3.81.